The highest BCUT2D eigenvalue weighted by Crippen LogP contribution is 2.33. The molecule has 1 aromatic carbocycles. The summed E-state index contributed by atoms with van der Waals surface area (Å²) in [7, 11) is 0. The number of carbonyl (C=O) groups excluding carboxylic acids is 1. The maximum atomic E-state index is 13.3. The summed E-state index contributed by atoms with van der Waals surface area (Å²) in [4.78, 5) is 14.7. The molecule has 1 fully saturated rings. The topological polar surface area (TPSA) is 50.2 Å². The maximum absolute atomic E-state index is 13.3. The smallest absolute Gasteiger partial charge is 0.301 e. The van der Waals surface area contributed by atoms with Gasteiger partial charge in [0.05, 0.1) is 25.1 Å². The molecule has 0 spiro atoms. The van der Waals surface area contributed by atoms with Gasteiger partial charge in [-0.15, -0.1) is 0 Å². The molecule has 6 heteroatoms. The van der Waals surface area contributed by atoms with Crippen molar-refractivity contribution in [2.75, 3.05) is 13.1 Å². The van der Waals surface area contributed by atoms with Crippen LogP contribution in [0.15, 0.2) is 52.2 Å². The van der Waals surface area contributed by atoms with Gasteiger partial charge < -0.3 is 9.32 Å². The summed E-state index contributed by atoms with van der Waals surface area (Å²) in [5, 5.41) is 7.06. The number of hydrogen-bond donors (Lipinski definition) is 1. The van der Waals surface area contributed by atoms with Crippen molar-refractivity contribution in [3.8, 4) is 0 Å². The Hall–Kier alpha value is -2.11. The van der Waals surface area contributed by atoms with E-state index in [0.717, 1.165) is 30.1 Å². The van der Waals surface area contributed by atoms with E-state index in [9.17, 15) is 4.79 Å². The Balaban J connectivity index is 1.61. The molecule has 1 amide bonds. The van der Waals surface area contributed by atoms with Crippen molar-refractivity contribution in [3.63, 3.8) is 0 Å². The number of hydrazone groups is 1. The van der Waals surface area contributed by atoms with Crippen LogP contribution in [0, 0.1) is 0 Å². The number of nitrogens with one attached hydrogen (secondary N) is 1. The summed E-state index contributed by atoms with van der Waals surface area (Å²) < 4.78 is 5.63. The molecule has 27 heavy (non-hydrogen) atoms. The van der Waals surface area contributed by atoms with E-state index < -0.39 is 0 Å². The van der Waals surface area contributed by atoms with Gasteiger partial charge in [-0.05, 0) is 56.0 Å². The summed E-state index contributed by atoms with van der Waals surface area (Å²) in [5.74, 6) is 0.842. The average molecular weight is 387 g/mol. The van der Waals surface area contributed by atoms with E-state index in [1.165, 1.54) is 24.2 Å². The number of piperidine rings is 1. The number of furan rings is 1. The first kappa shape index (κ1) is 18.3. The molecule has 2 aliphatic rings. The van der Waals surface area contributed by atoms with Gasteiger partial charge in [0, 0.05) is 11.4 Å². The number of hydrogen-bond acceptors (Lipinski definition) is 3. The van der Waals surface area contributed by atoms with Crippen LogP contribution in [0.2, 0.25) is 5.02 Å². The molecule has 5 nitrogen and oxygen atoms in total. The Morgan fingerprint density at radius 1 is 1.22 bits per heavy atom. The first-order valence-corrected chi connectivity index (χ1v) is 10.1. The summed E-state index contributed by atoms with van der Waals surface area (Å²) in [6.07, 6.45) is 5.93. The van der Waals surface area contributed by atoms with Gasteiger partial charge in [0.2, 0.25) is 0 Å². The molecule has 0 radical (unpaired) electrons. The maximum Gasteiger partial charge on any atom is 0.301 e. The molecule has 4 rings (SSSR count). The predicted octanol–water partition coefficient (Wildman–Crippen LogP) is 3.07. The number of halogens is 1. The van der Waals surface area contributed by atoms with Crippen molar-refractivity contribution < 1.29 is 14.1 Å². The fraction of sp³-hybridized carbons (Fsp3) is 0.429. The minimum Gasteiger partial charge on any atom is -0.467 e. The Labute approximate surface area is 164 Å². The zero-order chi connectivity index (χ0) is 18.8. The normalized spacial score (nSPS) is 21.9. The third-order valence-corrected chi connectivity index (χ3v) is 5.92. The molecule has 0 unspecified atom stereocenters. The van der Waals surface area contributed by atoms with Crippen LogP contribution in [-0.4, -0.2) is 35.8 Å². The molecule has 0 bridgehead atoms. The lowest BCUT2D eigenvalue weighted by Gasteiger charge is -2.31. The molecule has 1 saturated heterocycles. The summed E-state index contributed by atoms with van der Waals surface area (Å²) in [6.45, 7) is 4.14. The fourth-order valence-corrected chi connectivity index (χ4v) is 4.17. The quantitative estimate of drug-likeness (QED) is 0.877. The van der Waals surface area contributed by atoms with Crippen molar-refractivity contribution in [1.82, 2.24) is 5.01 Å². The highest BCUT2D eigenvalue weighted by atomic mass is 35.5. The van der Waals surface area contributed by atoms with Crippen LogP contribution in [0.1, 0.15) is 50.0 Å². The van der Waals surface area contributed by atoms with Gasteiger partial charge in [-0.1, -0.05) is 23.7 Å². The van der Waals surface area contributed by atoms with E-state index in [1.807, 2.05) is 43.3 Å². The van der Waals surface area contributed by atoms with Crippen molar-refractivity contribution in [2.45, 2.75) is 44.7 Å². The third kappa shape index (κ3) is 3.80. The van der Waals surface area contributed by atoms with Gasteiger partial charge >= 0.3 is 5.91 Å². The molecular weight excluding hydrogens is 362 g/mol. The van der Waals surface area contributed by atoms with Crippen LogP contribution >= 0.6 is 11.6 Å². The second kappa shape index (κ2) is 7.87. The van der Waals surface area contributed by atoms with Gasteiger partial charge in [-0.25, -0.2) is 5.01 Å². The predicted molar refractivity (Wildman–Crippen MR) is 105 cm³/mol. The van der Waals surface area contributed by atoms with Crippen molar-refractivity contribution >= 4 is 23.2 Å². The van der Waals surface area contributed by atoms with Gasteiger partial charge in [0.1, 0.15) is 11.8 Å². The lowest BCUT2D eigenvalue weighted by molar-refractivity contribution is -0.919. The number of amides is 1. The monoisotopic (exact) mass is 386 g/mol. The Morgan fingerprint density at radius 2 is 1.96 bits per heavy atom. The number of quaternary nitrogens is 1. The lowest BCUT2D eigenvalue weighted by atomic mass is 10.0. The number of nitrogens with zero attached hydrogens (tertiary/aromatic N) is 2. The largest absolute Gasteiger partial charge is 0.467 e. The number of carbonyl (C=O) groups is 1. The van der Waals surface area contributed by atoms with E-state index in [0.29, 0.717) is 11.4 Å². The van der Waals surface area contributed by atoms with E-state index in [2.05, 4.69) is 0 Å². The lowest BCUT2D eigenvalue weighted by Crippen LogP contribution is -3.17. The molecule has 2 aliphatic heterocycles. The van der Waals surface area contributed by atoms with E-state index in [1.54, 1.807) is 11.3 Å². The van der Waals surface area contributed by atoms with E-state index in [-0.39, 0.29) is 18.0 Å². The van der Waals surface area contributed by atoms with Crippen LogP contribution in [0.3, 0.4) is 0 Å². The van der Waals surface area contributed by atoms with Crippen molar-refractivity contribution in [1.29, 1.82) is 0 Å². The zero-order valence-electron chi connectivity index (χ0n) is 15.5. The highest BCUT2D eigenvalue weighted by Gasteiger charge is 2.39. The number of benzene rings is 1. The molecule has 3 heterocycles. The van der Waals surface area contributed by atoms with Crippen LogP contribution in [-0.2, 0) is 4.79 Å². The van der Waals surface area contributed by atoms with Crippen LogP contribution < -0.4 is 4.90 Å². The minimum absolute atomic E-state index is 0.0669. The first-order chi connectivity index (χ1) is 13.1. The molecule has 0 saturated carbocycles. The van der Waals surface area contributed by atoms with Gasteiger partial charge in [-0.3, -0.25) is 4.79 Å². The van der Waals surface area contributed by atoms with E-state index in [4.69, 9.17) is 21.1 Å². The standard InChI is InChI=1S/C21H24ClN3O2/c1-15(24-11-3-2-4-12-24)21(26)25-19(20-6-5-13-27-20)14-18(23-25)16-7-9-17(22)10-8-16/h5-10,13,15,19H,2-4,11-12,14H2,1H3/p+1/t15-,19+/m1/s1. The van der Waals surface area contributed by atoms with Gasteiger partial charge in [-0.2, -0.15) is 5.10 Å². The Morgan fingerprint density at radius 3 is 2.63 bits per heavy atom. The Bertz CT molecular complexity index is 810. The molecule has 2 aromatic rings. The van der Waals surface area contributed by atoms with Crippen molar-refractivity contribution in [2.24, 2.45) is 5.10 Å². The second-order valence-corrected chi connectivity index (χ2v) is 7.85. The SMILES string of the molecule is C[C@H](C(=O)N1N=C(c2ccc(Cl)cc2)C[C@H]1c1ccco1)[NH+]1CCCCC1. The third-order valence-electron chi connectivity index (χ3n) is 5.66. The fourth-order valence-electron chi connectivity index (χ4n) is 4.04. The molecule has 1 aromatic heterocycles. The molecule has 0 aliphatic carbocycles. The van der Waals surface area contributed by atoms with Gasteiger partial charge in [0.15, 0.2) is 6.04 Å². The van der Waals surface area contributed by atoms with Crippen LogP contribution in [0.25, 0.3) is 0 Å². The summed E-state index contributed by atoms with van der Waals surface area (Å²) in [5.41, 5.74) is 1.88. The summed E-state index contributed by atoms with van der Waals surface area (Å²) in [6, 6.07) is 11.1. The highest BCUT2D eigenvalue weighted by molar-refractivity contribution is 6.30. The summed E-state index contributed by atoms with van der Waals surface area (Å²) >= 11 is 6.01. The van der Waals surface area contributed by atoms with Crippen LogP contribution in [0.4, 0.5) is 0 Å². The average Bonchev–Trinajstić information content (AvgIpc) is 3.38. The Kier molecular flexibility index (Phi) is 5.32. The van der Waals surface area contributed by atoms with E-state index >= 15 is 0 Å². The minimum atomic E-state index is -0.190. The molecule has 2 atom stereocenters. The molecule has 142 valence electrons. The molecular formula is C21H25ClN3O2+. The first-order valence-electron chi connectivity index (χ1n) is 9.68. The number of likely N-dealkylation sites (tertiary alicyclic amines) is 1. The van der Waals surface area contributed by atoms with Crippen molar-refractivity contribution in [3.05, 3.63) is 59.0 Å². The zero-order valence-corrected chi connectivity index (χ0v) is 16.3. The number of rotatable bonds is 4. The van der Waals surface area contributed by atoms with Gasteiger partial charge in [0.25, 0.3) is 0 Å². The second-order valence-electron chi connectivity index (χ2n) is 7.41. The molecule has 1 N–H and O–H groups in total. The van der Waals surface area contributed by atoms with Crippen LogP contribution in [0.5, 0.6) is 0 Å².